The summed E-state index contributed by atoms with van der Waals surface area (Å²) in [7, 11) is 1.53. The molecule has 0 aliphatic rings. The number of carboxylic acids is 1. The quantitative estimate of drug-likeness (QED) is 0.471. The number of hydrogen-bond donors (Lipinski definition) is 1. The summed E-state index contributed by atoms with van der Waals surface area (Å²) in [4.78, 5) is 15.4. The molecule has 0 radical (unpaired) electrons. The van der Waals surface area contributed by atoms with Gasteiger partial charge in [0.15, 0.2) is 6.79 Å². The van der Waals surface area contributed by atoms with Gasteiger partial charge < -0.3 is 23.7 Å². The maximum Gasteiger partial charge on any atom is 0.303 e. The van der Waals surface area contributed by atoms with Gasteiger partial charge in [0.25, 0.3) is 0 Å². The van der Waals surface area contributed by atoms with E-state index in [1.54, 1.807) is 6.07 Å². The molecule has 1 N–H and O–H groups in total. The molecule has 3 rings (SSSR count). The Morgan fingerprint density at radius 2 is 1.90 bits per heavy atom. The number of aliphatic carboxylic acids is 1. The Bertz CT molecular complexity index is 967. The number of hydrogen-bond acceptors (Lipinski definition) is 6. The van der Waals surface area contributed by atoms with Gasteiger partial charge in [-0.1, -0.05) is 24.3 Å². The van der Waals surface area contributed by atoms with Crippen molar-refractivity contribution in [3.05, 3.63) is 65.5 Å². The topological polar surface area (TPSA) is 91.0 Å². The Hall–Kier alpha value is -3.32. The SMILES string of the molecule is COCOc1cc(OCCc2nc(-c3ccccc3)oc2C)ccc1CCC(=O)O. The molecule has 7 nitrogen and oxygen atoms in total. The molecule has 0 unspecified atom stereocenters. The summed E-state index contributed by atoms with van der Waals surface area (Å²) in [6, 6.07) is 15.1. The fraction of sp³-hybridized carbons (Fsp3) is 0.304. The van der Waals surface area contributed by atoms with Crippen molar-refractivity contribution in [2.75, 3.05) is 20.5 Å². The fourth-order valence-electron chi connectivity index (χ4n) is 2.96. The van der Waals surface area contributed by atoms with Crippen LogP contribution in [0.4, 0.5) is 0 Å². The van der Waals surface area contributed by atoms with E-state index in [4.69, 9.17) is 23.7 Å². The van der Waals surface area contributed by atoms with Crippen LogP contribution in [0.2, 0.25) is 0 Å². The van der Waals surface area contributed by atoms with Crippen molar-refractivity contribution in [3.63, 3.8) is 0 Å². The molecule has 7 heteroatoms. The molecule has 0 atom stereocenters. The summed E-state index contributed by atoms with van der Waals surface area (Å²) in [6.45, 7) is 2.38. The molecule has 3 aromatic rings. The average molecular weight is 411 g/mol. The van der Waals surface area contributed by atoms with Crippen LogP contribution >= 0.6 is 0 Å². The van der Waals surface area contributed by atoms with E-state index in [0.29, 0.717) is 36.8 Å². The standard InChI is InChI=1S/C23H25NO6/c1-16-20(24-23(30-16)18-6-4-3-5-7-18)12-13-28-19-10-8-17(9-11-22(25)26)21(14-19)29-15-27-2/h3-8,10,14H,9,11-13,15H2,1-2H3,(H,25,26). The second-order valence-corrected chi connectivity index (χ2v) is 6.70. The van der Waals surface area contributed by atoms with E-state index in [1.807, 2.05) is 49.4 Å². The first-order valence-electron chi connectivity index (χ1n) is 9.68. The van der Waals surface area contributed by atoms with Crippen molar-refractivity contribution in [3.8, 4) is 23.0 Å². The molecule has 1 aromatic heterocycles. The van der Waals surface area contributed by atoms with Gasteiger partial charge in [0.05, 0.1) is 12.3 Å². The number of aromatic nitrogens is 1. The smallest absolute Gasteiger partial charge is 0.303 e. The number of oxazole rings is 1. The lowest BCUT2D eigenvalue weighted by Gasteiger charge is -2.13. The number of carbonyl (C=O) groups is 1. The Morgan fingerprint density at radius 3 is 2.63 bits per heavy atom. The normalized spacial score (nSPS) is 10.7. The van der Waals surface area contributed by atoms with Crippen LogP contribution in [0.1, 0.15) is 23.4 Å². The number of nitrogens with zero attached hydrogens (tertiary/aromatic N) is 1. The number of carboxylic acid groups (broad SMARTS) is 1. The van der Waals surface area contributed by atoms with Gasteiger partial charge in [-0.15, -0.1) is 0 Å². The van der Waals surface area contributed by atoms with Crippen molar-refractivity contribution >= 4 is 5.97 Å². The highest BCUT2D eigenvalue weighted by atomic mass is 16.7. The summed E-state index contributed by atoms with van der Waals surface area (Å²) >= 11 is 0. The second kappa shape index (κ2) is 10.5. The van der Waals surface area contributed by atoms with Crippen LogP contribution < -0.4 is 9.47 Å². The number of methoxy groups -OCH3 is 1. The summed E-state index contributed by atoms with van der Waals surface area (Å²) in [5, 5.41) is 8.91. The molecular weight excluding hydrogens is 386 g/mol. The van der Waals surface area contributed by atoms with Crippen LogP contribution in [0.25, 0.3) is 11.5 Å². The first kappa shape index (κ1) is 21.4. The van der Waals surface area contributed by atoms with Crippen molar-refractivity contribution in [1.82, 2.24) is 4.98 Å². The van der Waals surface area contributed by atoms with E-state index >= 15 is 0 Å². The molecule has 0 saturated heterocycles. The summed E-state index contributed by atoms with van der Waals surface area (Å²) in [5.41, 5.74) is 2.58. The van der Waals surface area contributed by atoms with Gasteiger partial charge in [0.2, 0.25) is 5.89 Å². The lowest BCUT2D eigenvalue weighted by atomic mass is 10.1. The molecule has 1 heterocycles. The van der Waals surface area contributed by atoms with Gasteiger partial charge >= 0.3 is 5.97 Å². The number of benzene rings is 2. The van der Waals surface area contributed by atoms with Crippen molar-refractivity contribution in [2.24, 2.45) is 0 Å². The minimum Gasteiger partial charge on any atom is -0.493 e. The molecule has 0 saturated carbocycles. The Morgan fingerprint density at radius 1 is 1.10 bits per heavy atom. The molecule has 2 aromatic carbocycles. The van der Waals surface area contributed by atoms with Gasteiger partial charge in [-0.25, -0.2) is 4.98 Å². The van der Waals surface area contributed by atoms with E-state index in [1.165, 1.54) is 7.11 Å². The Balaban J connectivity index is 1.62. The zero-order valence-corrected chi connectivity index (χ0v) is 17.1. The van der Waals surface area contributed by atoms with Crippen LogP contribution in [-0.4, -0.2) is 36.6 Å². The number of aryl methyl sites for hydroxylation is 2. The van der Waals surface area contributed by atoms with Crippen LogP contribution in [0, 0.1) is 6.92 Å². The van der Waals surface area contributed by atoms with Gasteiger partial charge in [-0.3, -0.25) is 4.79 Å². The van der Waals surface area contributed by atoms with E-state index < -0.39 is 5.97 Å². The summed E-state index contributed by atoms with van der Waals surface area (Å²) < 4.78 is 22.2. The molecular formula is C23H25NO6. The van der Waals surface area contributed by atoms with Crippen molar-refractivity contribution in [2.45, 2.75) is 26.2 Å². The molecule has 0 aliphatic heterocycles. The fourth-order valence-corrected chi connectivity index (χ4v) is 2.96. The number of rotatable bonds is 11. The Kier molecular flexibility index (Phi) is 7.45. The van der Waals surface area contributed by atoms with Gasteiger partial charge in [-0.05, 0) is 37.1 Å². The van der Waals surface area contributed by atoms with E-state index in [9.17, 15) is 4.79 Å². The highest BCUT2D eigenvalue weighted by molar-refractivity contribution is 5.67. The zero-order chi connectivity index (χ0) is 21.3. The molecule has 0 amide bonds. The first-order chi connectivity index (χ1) is 14.6. The van der Waals surface area contributed by atoms with Crippen LogP contribution in [-0.2, 0) is 22.4 Å². The lowest BCUT2D eigenvalue weighted by molar-refractivity contribution is -0.136. The predicted molar refractivity (Wildman–Crippen MR) is 111 cm³/mol. The third-order valence-electron chi connectivity index (χ3n) is 4.50. The predicted octanol–water partition coefficient (Wildman–Crippen LogP) is 4.27. The first-order valence-corrected chi connectivity index (χ1v) is 9.68. The van der Waals surface area contributed by atoms with Gasteiger partial charge in [-0.2, -0.15) is 0 Å². The highest BCUT2D eigenvalue weighted by Crippen LogP contribution is 2.27. The average Bonchev–Trinajstić information content (AvgIpc) is 3.12. The third-order valence-corrected chi connectivity index (χ3v) is 4.50. The maximum absolute atomic E-state index is 10.9. The van der Waals surface area contributed by atoms with E-state index in [-0.39, 0.29) is 13.2 Å². The van der Waals surface area contributed by atoms with Crippen molar-refractivity contribution in [1.29, 1.82) is 0 Å². The second-order valence-electron chi connectivity index (χ2n) is 6.70. The van der Waals surface area contributed by atoms with Crippen molar-refractivity contribution < 1.29 is 28.5 Å². The van der Waals surface area contributed by atoms with Crippen LogP contribution in [0.5, 0.6) is 11.5 Å². The Labute approximate surface area is 175 Å². The monoisotopic (exact) mass is 411 g/mol. The lowest BCUT2D eigenvalue weighted by Crippen LogP contribution is -2.06. The maximum atomic E-state index is 10.9. The minimum atomic E-state index is -0.856. The molecule has 0 bridgehead atoms. The number of ether oxygens (including phenoxy) is 3. The van der Waals surface area contributed by atoms with Crippen LogP contribution in [0.3, 0.4) is 0 Å². The molecule has 0 spiro atoms. The van der Waals surface area contributed by atoms with Gasteiger partial charge in [0, 0.05) is 31.6 Å². The van der Waals surface area contributed by atoms with Gasteiger partial charge in [0.1, 0.15) is 17.3 Å². The highest BCUT2D eigenvalue weighted by Gasteiger charge is 2.12. The molecule has 0 fully saturated rings. The largest absolute Gasteiger partial charge is 0.493 e. The van der Waals surface area contributed by atoms with E-state index in [2.05, 4.69) is 4.98 Å². The van der Waals surface area contributed by atoms with E-state index in [0.717, 1.165) is 22.6 Å². The van der Waals surface area contributed by atoms with Crippen LogP contribution in [0.15, 0.2) is 52.9 Å². The third kappa shape index (κ3) is 5.84. The molecule has 30 heavy (non-hydrogen) atoms. The molecule has 0 aliphatic carbocycles. The summed E-state index contributed by atoms with van der Waals surface area (Å²) in [5.74, 6) is 1.70. The molecule has 158 valence electrons. The minimum absolute atomic E-state index is 0.0265. The summed E-state index contributed by atoms with van der Waals surface area (Å²) in [6.07, 6.45) is 0.991. The zero-order valence-electron chi connectivity index (χ0n) is 17.1.